The Balaban J connectivity index is 1.36. The second-order valence-electron chi connectivity index (χ2n) is 9.02. The average Bonchev–Trinajstić information content (AvgIpc) is 3.64. The Morgan fingerprint density at radius 3 is 2.46 bits per heavy atom. The van der Waals surface area contributed by atoms with Crippen LogP contribution in [0, 0.1) is 0 Å². The monoisotopic (exact) mass is 478 g/mol. The number of hydrogen-bond acceptors (Lipinski definition) is 7. The summed E-state index contributed by atoms with van der Waals surface area (Å²) in [6.45, 7) is 5.02. The number of benzene rings is 1. The van der Waals surface area contributed by atoms with Gasteiger partial charge in [0.25, 0.3) is 5.56 Å². The van der Waals surface area contributed by atoms with Crippen molar-refractivity contribution in [2.75, 3.05) is 0 Å². The van der Waals surface area contributed by atoms with E-state index in [9.17, 15) is 9.59 Å². The highest BCUT2D eigenvalue weighted by Gasteiger charge is 2.23. The first-order chi connectivity index (χ1) is 17.1. The van der Waals surface area contributed by atoms with Gasteiger partial charge in [0.05, 0.1) is 0 Å². The molecule has 1 aromatic carbocycles. The Hall–Kier alpha value is -3.69. The zero-order valence-corrected chi connectivity index (χ0v) is 20.1. The van der Waals surface area contributed by atoms with Gasteiger partial charge in [-0.2, -0.15) is 4.98 Å². The third kappa shape index (κ3) is 4.52. The maximum atomic E-state index is 12.9. The largest absolute Gasteiger partial charge is 0.485 e. The normalized spacial score (nSPS) is 14.2. The number of imidazole rings is 1. The second-order valence-corrected chi connectivity index (χ2v) is 9.02. The summed E-state index contributed by atoms with van der Waals surface area (Å²) in [4.78, 5) is 38.0. The van der Waals surface area contributed by atoms with Crippen LogP contribution in [0.4, 0.5) is 0 Å². The third-order valence-corrected chi connectivity index (χ3v) is 6.44. The lowest BCUT2D eigenvalue weighted by atomic mass is 10.1. The summed E-state index contributed by atoms with van der Waals surface area (Å²) in [7, 11) is 0. The molecule has 35 heavy (non-hydrogen) atoms. The summed E-state index contributed by atoms with van der Waals surface area (Å²) in [6, 6.07) is 7.38. The van der Waals surface area contributed by atoms with Crippen LogP contribution in [-0.4, -0.2) is 29.2 Å². The van der Waals surface area contributed by atoms with Crippen LogP contribution >= 0.6 is 0 Å². The van der Waals surface area contributed by atoms with Crippen molar-refractivity contribution < 1.29 is 9.26 Å². The molecule has 1 aliphatic carbocycles. The van der Waals surface area contributed by atoms with Gasteiger partial charge in [0.1, 0.15) is 17.1 Å². The van der Waals surface area contributed by atoms with Crippen molar-refractivity contribution in [2.24, 2.45) is 0 Å². The van der Waals surface area contributed by atoms with Gasteiger partial charge in [-0.25, -0.2) is 9.78 Å². The molecule has 4 aromatic rings. The molecule has 0 aliphatic heterocycles. The number of nitrogens with zero attached hydrogens (tertiary/aromatic N) is 5. The molecule has 3 heterocycles. The Labute approximate surface area is 202 Å². The van der Waals surface area contributed by atoms with Crippen LogP contribution < -0.4 is 16.0 Å². The van der Waals surface area contributed by atoms with E-state index in [-0.39, 0.29) is 17.9 Å². The quantitative estimate of drug-likeness (QED) is 0.386. The van der Waals surface area contributed by atoms with Gasteiger partial charge >= 0.3 is 5.69 Å². The summed E-state index contributed by atoms with van der Waals surface area (Å²) in [6.07, 6.45) is 6.08. The highest BCUT2D eigenvalue weighted by molar-refractivity contribution is 5.75. The molecule has 1 fully saturated rings. The topological polar surface area (TPSA) is 121 Å². The van der Waals surface area contributed by atoms with Gasteiger partial charge in [-0.1, -0.05) is 31.8 Å². The van der Waals surface area contributed by atoms with E-state index >= 15 is 0 Å². The van der Waals surface area contributed by atoms with E-state index in [1.807, 2.05) is 38.1 Å². The summed E-state index contributed by atoms with van der Waals surface area (Å²) < 4.78 is 14.1. The zero-order chi connectivity index (χ0) is 24.4. The molecule has 1 saturated carbocycles. The highest BCUT2D eigenvalue weighted by atomic mass is 16.5. The van der Waals surface area contributed by atoms with E-state index < -0.39 is 0 Å². The third-order valence-electron chi connectivity index (χ3n) is 6.44. The van der Waals surface area contributed by atoms with Crippen molar-refractivity contribution >= 4 is 11.2 Å². The molecule has 5 rings (SSSR count). The fourth-order valence-electron chi connectivity index (χ4n) is 4.67. The van der Waals surface area contributed by atoms with Crippen LogP contribution in [0.3, 0.4) is 0 Å². The van der Waals surface area contributed by atoms with E-state index in [2.05, 4.69) is 20.1 Å². The molecule has 0 bridgehead atoms. The Morgan fingerprint density at radius 1 is 1.03 bits per heavy atom. The van der Waals surface area contributed by atoms with E-state index in [0.29, 0.717) is 59.9 Å². The average molecular weight is 479 g/mol. The van der Waals surface area contributed by atoms with Crippen molar-refractivity contribution in [1.29, 1.82) is 0 Å². The standard InChI is InChI=1S/C25H30N6O4/c1-3-13-30-22-20(24(32)31(14-4-2)25(30)33)27-21(28-22)16-9-11-18(12-10-16)34-15-19-26-23(35-29-19)17-7-5-6-8-17/h9-12,17H,3-8,13-15H2,1-2H3,(H,27,28). The van der Waals surface area contributed by atoms with Gasteiger partial charge in [0.15, 0.2) is 12.3 Å². The summed E-state index contributed by atoms with van der Waals surface area (Å²) >= 11 is 0. The summed E-state index contributed by atoms with van der Waals surface area (Å²) in [5.41, 5.74) is 0.866. The van der Waals surface area contributed by atoms with Gasteiger partial charge in [-0.3, -0.25) is 13.9 Å². The predicted octanol–water partition coefficient (Wildman–Crippen LogP) is 3.99. The van der Waals surface area contributed by atoms with Gasteiger partial charge in [0, 0.05) is 24.6 Å². The molecule has 3 aromatic heterocycles. The molecule has 184 valence electrons. The molecule has 10 nitrogen and oxygen atoms in total. The molecule has 0 unspecified atom stereocenters. The van der Waals surface area contributed by atoms with E-state index in [1.165, 1.54) is 17.4 Å². The summed E-state index contributed by atoms with van der Waals surface area (Å²) in [5, 5.41) is 4.04. The first kappa shape index (κ1) is 23.1. The Morgan fingerprint density at radius 2 is 1.74 bits per heavy atom. The number of aryl methyl sites for hydroxylation is 1. The van der Waals surface area contributed by atoms with Crippen LogP contribution in [0.2, 0.25) is 0 Å². The van der Waals surface area contributed by atoms with Gasteiger partial charge < -0.3 is 14.2 Å². The van der Waals surface area contributed by atoms with Crippen LogP contribution in [-0.2, 0) is 19.7 Å². The molecular formula is C25H30N6O4. The molecule has 0 atom stereocenters. The molecule has 0 saturated heterocycles. The maximum Gasteiger partial charge on any atom is 0.332 e. The van der Waals surface area contributed by atoms with Crippen molar-refractivity contribution in [2.45, 2.75) is 78.0 Å². The maximum absolute atomic E-state index is 12.9. The highest BCUT2D eigenvalue weighted by Crippen LogP contribution is 2.33. The molecule has 0 radical (unpaired) electrons. The van der Waals surface area contributed by atoms with Crippen molar-refractivity contribution in [3.8, 4) is 17.1 Å². The van der Waals surface area contributed by atoms with E-state index in [1.54, 1.807) is 4.57 Å². The number of aromatic amines is 1. The molecule has 10 heteroatoms. The number of hydrogen-bond donors (Lipinski definition) is 1. The van der Waals surface area contributed by atoms with Gasteiger partial charge in [-0.15, -0.1) is 0 Å². The van der Waals surface area contributed by atoms with Crippen LogP contribution in [0.1, 0.15) is 70.0 Å². The van der Waals surface area contributed by atoms with Crippen molar-refractivity contribution in [3.05, 3.63) is 56.8 Å². The molecular weight excluding hydrogens is 448 g/mol. The molecule has 0 spiro atoms. The minimum Gasteiger partial charge on any atom is -0.485 e. The minimum atomic E-state index is -0.338. The van der Waals surface area contributed by atoms with E-state index in [0.717, 1.165) is 24.8 Å². The van der Waals surface area contributed by atoms with Crippen LogP contribution in [0.5, 0.6) is 5.75 Å². The number of aromatic nitrogens is 6. The zero-order valence-electron chi connectivity index (χ0n) is 20.1. The van der Waals surface area contributed by atoms with Crippen molar-refractivity contribution in [3.63, 3.8) is 0 Å². The second kappa shape index (κ2) is 9.89. The van der Waals surface area contributed by atoms with Crippen LogP contribution in [0.15, 0.2) is 38.4 Å². The predicted molar refractivity (Wildman–Crippen MR) is 130 cm³/mol. The van der Waals surface area contributed by atoms with Gasteiger partial charge in [0.2, 0.25) is 11.7 Å². The first-order valence-electron chi connectivity index (χ1n) is 12.4. The van der Waals surface area contributed by atoms with E-state index in [4.69, 9.17) is 9.26 Å². The molecule has 1 aliphatic rings. The minimum absolute atomic E-state index is 0.223. The SMILES string of the molecule is CCCn1c(=O)c2[nH]c(-c3ccc(OCc4noc(C5CCCC5)n4)cc3)nc2n(CCC)c1=O. The van der Waals surface area contributed by atoms with Gasteiger partial charge in [-0.05, 0) is 49.9 Å². The Kier molecular flexibility index (Phi) is 6.52. The molecule has 1 N–H and O–H groups in total. The fourth-order valence-corrected chi connectivity index (χ4v) is 4.67. The van der Waals surface area contributed by atoms with Crippen molar-refractivity contribution in [1.82, 2.24) is 29.2 Å². The lowest BCUT2D eigenvalue weighted by molar-refractivity contribution is 0.284. The number of fused-ring (bicyclic) bond motifs is 1. The number of rotatable bonds is 9. The van der Waals surface area contributed by atoms with Crippen LogP contribution in [0.25, 0.3) is 22.6 Å². The number of ether oxygens (including phenoxy) is 1. The molecule has 0 amide bonds. The lowest BCUT2D eigenvalue weighted by Gasteiger charge is -2.09. The summed E-state index contributed by atoms with van der Waals surface area (Å²) in [5.74, 6) is 2.80. The first-order valence-corrected chi connectivity index (χ1v) is 12.4. The number of nitrogens with one attached hydrogen (secondary N) is 1. The fraction of sp³-hybridized carbons (Fsp3) is 0.480. The lowest BCUT2D eigenvalue weighted by Crippen LogP contribution is -2.40. The smallest absolute Gasteiger partial charge is 0.332 e. The number of H-pyrrole nitrogens is 1. The Bertz CT molecular complexity index is 1420.